The number of halogens is 1. The Hall–Kier alpha value is -3.06. The summed E-state index contributed by atoms with van der Waals surface area (Å²) >= 11 is 5.84. The average molecular weight is 414 g/mol. The first kappa shape index (κ1) is 19.3. The molecule has 1 aromatic heterocycles. The molecule has 2 aromatic carbocycles. The number of aromatic nitrogens is 1. The first-order valence-electron chi connectivity index (χ1n) is 9.36. The minimum absolute atomic E-state index is 0.172. The summed E-state index contributed by atoms with van der Waals surface area (Å²) in [6.07, 6.45) is 1.50. The number of carbonyl (C=O) groups excluding carboxylic acids is 2. The van der Waals surface area contributed by atoms with E-state index < -0.39 is 5.97 Å². The van der Waals surface area contributed by atoms with E-state index in [1.165, 1.54) is 18.2 Å². The lowest BCUT2D eigenvalue weighted by Crippen LogP contribution is -2.40. The molecule has 1 aliphatic rings. The van der Waals surface area contributed by atoms with Crippen LogP contribution in [0.4, 0.5) is 5.69 Å². The van der Waals surface area contributed by atoms with E-state index in [4.69, 9.17) is 26.5 Å². The van der Waals surface area contributed by atoms with Crippen LogP contribution in [-0.4, -0.2) is 41.5 Å². The summed E-state index contributed by atoms with van der Waals surface area (Å²) in [5, 5.41) is 0.361. The van der Waals surface area contributed by atoms with Crippen LogP contribution in [0.3, 0.4) is 0 Å². The van der Waals surface area contributed by atoms with E-state index in [1.54, 1.807) is 4.90 Å². The summed E-state index contributed by atoms with van der Waals surface area (Å²) in [6.45, 7) is 0.816. The topological polar surface area (TPSA) is 98.7 Å². The van der Waals surface area contributed by atoms with E-state index in [1.807, 2.05) is 24.3 Å². The Morgan fingerprint density at radius 2 is 1.97 bits per heavy atom. The molecule has 0 bridgehead atoms. The molecule has 0 unspecified atom stereocenters. The number of oxazole rings is 1. The van der Waals surface area contributed by atoms with Crippen molar-refractivity contribution in [2.45, 2.75) is 18.8 Å². The Labute approximate surface area is 172 Å². The third-order valence-corrected chi connectivity index (χ3v) is 5.41. The molecule has 0 atom stereocenters. The summed E-state index contributed by atoms with van der Waals surface area (Å²) in [6, 6.07) is 12.1. The van der Waals surface area contributed by atoms with Gasteiger partial charge in [0.05, 0.1) is 16.3 Å². The van der Waals surface area contributed by atoms with Gasteiger partial charge in [0, 0.05) is 19.0 Å². The minimum Gasteiger partial charge on any atom is -0.452 e. The van der Waals surface area contributed by atoms with Gasteiger partial charge in [0.25, 0.3) is 5.91 Å². The Morgan fingerprint density at radius 1 is 1.21 bits per heavy atom. The number of carbonyl (C=O) groups is 2. The average Bonchev–Trinajstić information content (AvgIpc) is 3.18. The number of hydrogen-bond donors (Lipinski definition) is 1. The molecule has 0 saturated carbocycles. The molecule has 7 nitrogen and oxygen atoms in total. The fraction of sp³-hybridized carbons (Fsp3) is 0.286. The molecule has 2 heterocycles. The largest absolute Gasteiger partial charge is 0.452 e. The summed E-state index contributed by atoms with van der Waals surface area (Å²) in [5.41, 5.74) is 7.85. The number of nitrogens with two attached hydrogens (primary N) is 1. The second-order valence-corrected chi connectivity index (χ2v) is 7.39. The number of piperidine rings is 1. The molecule has 4 rings (SSSR count). The normalized spacial score (nSPS) is 14.9. The highest BCUT2D eigenvalue weighted by atomic mass is 35.5. The standard InChI is InChI=1S/C21H20ClN3O4/c22-15-6-5-14(11-16(15)23)21(27)28-12-19(26)25-9-7-13(8-10-25)20-24-17-3-1-2-4-18(17)29-20/h1-6,11,13H,7-10,12,23H2. The van der Waals surface area contributed by atoms with Gasteiger partial charge in [0.15, 0.2) is 18.1 Å². The molecule has 0 spiro atoms. The molecule has 0 radical (unpaired) electrons. The van der Waals surface area contributed by atoms with Crippen molar-refractivity contribution in [2.24, 2.45) is 0 Å². The predicted octanol–water partition coefficient (Wildman–Crippen LogP) is 3.63. The SMILES string of the molecule is Nc1cc(C(=O)OCC(=O)N2CCC(c3nc4ccccc4o3)CC2)ccc1Cl. The minimum atomic E-state index is -0.608. The number of fused-ring (bicyclic) bond motifs is 1. The zero-order valence-electron chi connectivity index (χ0n) is 15.6. The van der Waals surface area contributed by atoms with E-state index in [0.29, 0.717) is 24.0 Å². The van der Waals surface area contributed by atoms with Crippen LogP contribution in [0.1, 0.15) is 35.0 Å². The van der Waals surface area contributed by atoms with Gasteiger partial charge < -0.3 is 19.8 Å². The zero-order chi connectivity index (χ0) is 20.4. The number of benzene rings is 2. The molecule has 150 valence electrons. The van der Waals surface area contributed by atoms with E-state index in [0.717, 1.165) is 23.9 Å². The highest BCUT2D eigenvalue weighted by Crippen LogP contribution is 2.30. The molecule has 2 N–H and O–H groups in total. The van der Waals surface area contributed by atoms with Crippen molar-refractivity contribution in [2.75, 3.05) is 25.4 Å². The monoisotopic (exact) mass is 413 g/mol. The summed E-state index contributed by atoms with van der Waals surface area (Å²) in [7, 11) is 0. The van der Waals surface area contributed by atoms with Crippen LogP contribution >= 0.6 is 11.6 Å². The van der Waals surface area contributed by atoms with Gasteiger partial charge in [-0.05, 0) is 43.2 Å². The van der Waals surface area contributed by atoms with Gasteiger partial charge in [-0.15, -0.1) is 0 Å². The molecule has 0 aliphatic carbocycles. The predicted molar refractivity (Wildman–Crippen MR) is 109 cm³/mol. The molecule has 3 aromatic rings. The maximum Gasteiger partial charge on any atom is 0.338 e. The van der Waals surface area contributed by atoms with Crippen LogP contribution in [0.5, 0.6) is 0 Å². The number of amides is 1. The van der Waals surface area contributed by atoms with Crippen LogP contribution in [0.25, 0.3) is 11.1 Å². The fourth-order valence-corrected chi connectivity index (χ4v) is 3.53. The highest BCUT2D eigenvalue weighted by molar-refractivity contribution is 6.33. The molecule has 1 saturated heterocycles. The van der Waals surface area contributed by atoms with Gasteiger partial charge in [0.1, 0.15) is 5.52 Å². The molecule has 1 fully saturated rings. The lowest BCUT2D eigenvalue weighted by Gasteiger charge is -2.30. The molecule has 8 heteroatoms. The maximum atomic E-state index is 12.4. The Bertz CT molecular complexity index is 1020. The van der Waals surface area contributed by atoms with Gasteiger partial charge in [-0.3, -0.25) is 4.79 Å². The summed E-state index contributed by atoms with van der Waals surface area (Å²) < 4.78 is 11.0. The number of nitrogen functional groups attached to an aromatic ring is 1. The quantitative estimate of drug-likeness (QED) is 0.518. The van der Waals surface area contributed by atoms with E-state index in [2.05, 4.69) is 4.98 Å². The molecule has 1 amide bonds. The number of anilines is 1. The van der Waals surface area contributed by atoms with Crippen LogP contribution in [0.15, 0.2) is 46.9 Å². The molecule has 29 heavy (non-hydrogen) atoms. The van der Waals surface area contributed by atoms with Gasteiger partial charge in [-0.1, -0.05) is 23.7 Å². The third-order valence-electron chi connectivity index (χ3n) is 5.07. The van der Waals surface area contributed by atoms with E-state index in [9.17, 15) is 9.59 Å². The van der Waals surface area contributed by atoms with Crippen molar-refractivity contribution in [3.05, 3.63) is 58.9 Å². The third kappa shape index (κ3) is 4.19. The second kappa shape index (κ2) is 8.13. The zero-order valence-corrected chi connectivity index (χ0v) is 16.4. The molecular weight excluding hydrogens is 394 g/mol. The fourth-order valence-electron chi connectivity index (χ4n) is 3.41. The van der Waals surface area contributed by atoms with Crippen molar-refractivity contribution >= 4 is 40.3 Å². The van der Waals surface area contributed by atoms with Crippen molar-refractivity contribution in [3.8, 4) is 0 Å². The first-order valence-corrected chi connectivity index (χ1v) is 9.74. The Kier molecular flexibility index (Phi) is 5.40. The second-order valence-electron chi connectivity index (χ2n) is 6.99. The number of nitrogens with zero attached hydrogens (tertiary/aromatic N) is 2. The number of esters is 1. The first-order chi connectivity index (χ1) is 14.0. The van der Waals surface area contributed by atoms with Crippen molar-refractivity contribution in [1.82, 2.24) is 9.88 Å². The number of likely N-dealkylation sites (tertiary alicyclic amines) is 1. The lowest BCUT2D eigenvalue weighted by molar-refractivity contribution is -0.135. The van der Waals surface area contributed by atoms with Crippen LogP contribution < -0.4 is 5.73 Å². The number of para-hydroxylation sites is 2. The highest BCUT2D eigenvalue weighted by Gasteiger charge is 2.27. The van der Waals surface area contributed by atoms with Crippen molar-refractivity contribution in [1.29, 1.82) is 0 Å². The van der Waals surface area contributed by atoms with E-state index in [-0.39, 0.29) is 29.7 Å². The van der Waals surface area contributed by atoms with Gasteiger partial charge in [0.2, 0.25) is 0 Å². The molecular formula is C21H20ClN3O4. The van der Waals surface area contributed by atoms with Crippen molar-refractivity contribution in [3.63, 3.8) is 0 Å². The van der Waals surface area contributed by atoms with Crippen LogP contribution in [0.2, 0.25) is 5.02 Å². The number of ether oxygens (including phenoxy) is 1. The number of hydrogen-bond acceptors (Lipinski definition) is 6. The molecule has 1 aliphatic heterocycles. The maximum absolute atomic E-state index is 12.4. The lowest BCUT2D eigenvalue weighted by atomic mass is 9.97. The Morgan fingerprint density at radius 3 is 2.69 bits per heavy atom. The van der Waals surface area contributed by atoms with Gasteiger partial charge >= 0.3 is 5.97 Å². The smallest absolute Gasteiger partial charge is 0.338 e. The number of rotatable bonds is 4. The van der Waals surface area contributed by atoms with Gasteiger partial charge in [-0.25, -0.2) is 9.78 Å². The summed E-state index contributed by atoms with van der Waals surface area (Å²) in [4.78, 5) is 30.8. The van der Waals surface area contributed by atoms with E-state index >= 15 is 0 Å². The van der Waals surface area contributed by atoms with Crippen LogP contribution in [-0.2, 0) is 9.53 Å². The van der Waals surface area contributed by atoms with Crippen LogP contribution in [0, 0.1) is 0 Å². The summed E-state index contributed by atoms with van der Waals surface area (Å²) in [5.74, 6) is 0.0514. The Balaban J connectivity index is 1.29. The van der Waals surface area contributed by atoms with Crippen molar-refractivity contribution < 1.29 is 18.7 Å². The van der Waals surface area contributed by atoms with Gasteiger partial charge in [-0.2, -0.15) is 0 Å².